The van der Waals surface area contributed by atoms with E-state index >= 15 is 0 Å². The van der Waals surface area contributed by atoms with Gasteiger partial charge in [0.1, 0.15) is 12.0 Å². The lowest BCUT2D eigenvalue weighted by atomic mass is 10.2. The number of nitrogen functional groups attached to an aromatic ring is 1. The number of hydrogen-bond donors (Lipinski definition) is 1. The van der Waals surface area contributed by atoms with Crippen molar-refractivity contribution in [2.24, 2.45) is 0 Å². The molecule has 0 fully saturated rings. The van der Waals surface area contributed by atoms with Crippen LogP contribution in [0.1, 0.15) is 5.56 Å². The molecular formula is C11H10N6. The summed E-state index contributed by atoms with van der Waals surface area (Å²) in [6.07, 6.45) is 5.03. The zero-order chi connectivity index (χ0) is 11.8. The molecule has 3 aromatic rings. The molecule has 0 amide bonds. The summed E-state index contributed by atoms with van der Waals surface area (Å²) < 4.78 is 1.73. The topological polar surface area (TPSA) is 82.0 Å². The van der Waals surface area contributed by atoms with Crippen molar-refractivity contribution >= 4 is 11.5 Å². The van der Waals surface area contributed by atoms with Gasteiger partial charge in [0, 0.05) is 18.0 Å². The molecule has 0 saturated heterocycles. The average molecular weight is 226 g/mol. The van der Waals surface area contributed by atoms with Gasteiger partial charge < -0.3 is 5.73 Å². The summed E-state index contributed by atoms with van der Waals surface area (Å²) >= 11 is 0. The lowest BCUT2D eigenvalue weighted by molar-refractivity contribution is 0.922. The predicted molar refractivity (Wildman–Crippen MR) is 63.2 cm³/mol. The second-order valence-electron chi connectivity index (χ2n) is 3.68. The molecule has 3 rings (SSSR count). The van der Waals surface area contributed by atoms with Gasteiger partial charge in [0.2, 0.25) is 5.95 Å². The first kappa shape index (κ1) is 9.71. The van der Waals surface area contributed by atoms with Gasteiger partial charge in [-0.25, -0.2) is 19.5 Å². The molecule has 0 aromatic carbocycles. The maximum atomic E-state index is 5.57. The van der Waals surface area contributed by atoms with Gasteiger partial charge in [0.05, 0.1) is 11.2 Å². The molecule has 84 valence electrons. The molecule has 3 heterocycles. The van der Waals surface area contributed by atoms with E-state index in [4.69, 9.17) is 5.73 Å². The number of nitrogens with zero attached hydrogens (tertiary/aromatic N) is 5. The van der Waals surface area contributed by atoms with Gasteiger partial charge in [0.15, 0.2) is 0 Å². The standard InChI is InChI=1S/C11H10N6/c1-7-9-3-4-13-6-17(9)16-10(7)8-2-5-14-11(12)15-8/h2-6H,1H3,(H2,12,14,15). The van der Waals surface area contributed by atoms with Gasteiger partial charge in [-0.1, -0.05) is 0 Å². The minimum atomic E-state index is 0.247. The molecule has 6 heteroatoms. The number of fused-ring (bicyclic) bond motifs is 1. The molecular weight excluding hydrogens is 216 g/mol. The first-order valence-electron chi connectivity index (χ1n) is 5.13. The Kier molecular flexibility index (Phi) is 2.01. The molecule has 3 aromatic heterocycles. The maximum absolute atomic E-state index is 5.57. The normalized spacial score (nSPS) is 10.9. The minimum Gasteiger partial charge on any atom is -0.368 e. The van der Waals surface area contributed by atoms with Gasteiger partial charge in [0.25, 0.3) is 0 Å². The molecule has 0 radical (unpaired) electrons. The SMILES string of the molecule is Cc1c(-c2ccnc(N)n2)nn2cnccc12. The van der Waals surface area contributed by atoms with E-state index in [2.05, 4.69) is 20.1 Å². The molecule has 0 aliphatic carbocycles. The van der Waals surface area contributed by atoms with Crippen molar-refractivity contribution in [3.63, 3.8) is 0 Å². The zero-order valence-electron chi connectivity index (χ0n) is 9.20. The highest BCUT2D eigenvalue weighted by atomic mass is 15.2. The van der Waals surface area contributed by atoms with E-state index < -0.39 is 0 Å². The van der Waals surface area contributed by atoms with E-state index in [0.717, 1.165) is 22.5 Å². The Bertz CT molecular complexity index is 687. The van der Waals surface area contributed by atoms with Crippen molar-refractivity contribution in [3.8, 4) is 11.4 Å². The lowest BCUT2D eigenvalue weighted by Crippen LogP contribution is -1.96. The first-order chi connectivity index (χ1) is 8.25. The van der Waals surface area contributed by atoms with Crippen LogP contribution in [0, 0.1) is 6.92 Å². The Labute approximate surface area is 97.2 Å². The Hall–Kier alpha value is -2.50. The van der Waals surface area contributed by atoms with E-state index in [1.807, 2.05) is 13.0 Å². The number of anilines is 1. The van der Waals surface area contributed by atoms with Crippen molar-refractivity contribution in [2.45, 2.75) is 6.92 Å². The molecule has 17 heavy (non-hydrogen) atoms. The zero-order valence-corrected chi connectivity index (χ0v) is 9.20. The number of hydrogen-bond acceptors (Lipinski definition) is 5. The third-order valence-electron chi connectivity index (χ3n) is 2.61. The van der Waals surface area contributed by atoms with Gasteiger partial charge in [-0.15, -0.1) is 0 Å². The highest BCUT2D eigenvalue weighted by Crippen LogP contribution is 2.23. The monoisotopic (exact) mass is 226 g/mol. The summed E-state index contributed by atoms with van der Waals surface area (Å²) in [6.45, 7) is 2.00. The molecule has 0 bridgehead atoms. The number of nitrogens with two attached hydrogens (primary N) is 1. The van der Waals surface area contributed by atoms with Gasteiger partial charge >= 0.3 is 0 Å². The van der Waals surface area contributed by atoms with Crippen molar-refractivity contribution in [1.82, 2.24) is 24.6 Å². The van der Waals surface area contributed by atoms with Gasteiger partial charge in [-0.3, -0.25) is 0 Å². The van der Waals surface area contributed by atoms with Crippen LogP contribution in [-0.4, -0.2) is 24.6 Å². The molecule has 0 aliphatic heterocycles. The second-order valence-corrected chi connectivity index (χ2v) is 3.68. The smallest absolute Gasteiger partial charge is 0.220 e. The summed E-state index contributed by atoms with van der Waals surface area (Å²) in [5, 5.41) is 4.43. The van der Waals surface area contributed by atoms with E-state index in [1.165, 1.54) is 0 Å². The highest BCUT2D eigenvalue weighted by Gasteiger charge is 2.11. The van der Waals surface area contributed by atoms with Gasteiger partial charge in [-0.2, -0.15) is 5.10 Å². The molecule has 0 unspecified atom stereocenters. The fourth-order valence-corrected chi connectivity index (χ4v) is 1.78. The third-order valence-corrected chi connectivity index (χ3v) is 2.61. The van der Waals surface area contributed by atoms with E-state index in [0.29, 0.717) is 0 Å². The molecule has 0 aliphatic rings. The van der Waals surface area contributed by atoms with Crippen LogP contribution in [0.3, 0.4) is 0 Å². The fraction of sp³-hybridized carbons (Fsp3) is 0.0909. The lowest BCUT2D eigenvalue weighted by Gasteiger charge is -1.97. The number of aryl methyl sites for hydroxylation is 1. The minimum absolute atomic E-state index is 0.247. The highest BCUT2D eigenvalue weighted by molar-refractivity contribution is 5.69. The molecule has 0 spiro atoms. The summed E-state index contributed by atoms with van der Waals surface area (Å²) in [7, 11) is 0. The molecule has 0 saturated carbocycles. The van der Waals surface area contributed by atoms with Crippen LogP contribution in [0.15, 0.2) is 30.9 Å². The van der Waals surface area contributed by atoms with Crippen molar-refractivity contribution in [1.29, 1.82) is 0 Å². The number of rotatable bonds is 1. The van der Waals surface area contributed by atoms with Crippen LogP contribution < -0.4 is 5.73 Å². The summed E-state index contributed by atoms with van der Waals surface area (Å²) in [6, 6.07) is 3.70. The van der Waals surface area contributed by atoms with Crippen LogP contribution in [0.2, 0.25) is 0 Å². The van der Waals surface area contributed by atoms with E-state index in [-0.39, 0.29) is 5.95 Å². The van der Waals surface area contributed by atoms with Crippen molar-refractivity contribution < 1.29 is 0 Å². The molecule has 2 N–H and O–H groups in total. The van der Waals surface area contributed by atoms with Gasteiger partial charge in [-0.05, 0) is 19.1 Å². The maximum Gasteiger partial charge on any atom is 0.220 e. The quantitative estimate of drug-likeness (QED) is 0.671. The van der Waals surface area contributed by atoms with Crippen LogP contribution >= 0.6 is 0 Å². The average Bonchev–Trinajstić information content (AvgIpc) is 2.68. The Morgan fingerprint density at radius 1 is 1.24 bits per heavy atom. The summed E-state index contributed by atoms with van der Waals surface area (Å²) in [5.41, 5.74) is 9.14. The summed E-state index contributed by atoms with van der Waals surface area (Å²) in [5.74, 6) is 0.247. The molecule has 0 atom stereocenters. The largest absolute Gasteiger partial charge is 0.368 e. The second kappa shape index (κ2) is 3.51. The Morgan fingerprint density at radius 3 is 2.88 bits per heavy atom. The predicted octanol–water partition coefficient (Wildman–Crippen LogP) is 1.08. The third kappa shape index (κ3) is 1.50. The molecule has 6 nitrogen and oxygen atoms in total. The van der Waals surface area contributed by atoms with Crippen LogP contribution in [0.25, 0.3) is 16.9 Å². The van der Waals surface area contributed by atoms with Crippen LogP contribution in [0.5, 0.6) is 0 Å². The fourth-order valence-electron chi connectivity index (χ4n) is 1.78. The summed E-state index contributed by atoms with van der Waals surface area (Å²) in [4.78, 5) is 12.1. The van der Waals surface area contributed by atoms with Crippen LogP contribution in [-0.2, 0) is 0 Å². The Morgan fingerprint density at radius 2 is 2.12 bits per heavy atom. The number of aromatic nitrogens is 5. The first-order valence-corrected chi connectivity index (χ1v) is 5.13. The van der Waals surface area contributed by atoms with E-state index in [9.17, 15) is 0 Å². The van der Waals surface area contributed by atoms with Crippen molar-refractivity contribution in [2.75, 3.05) is 5.73 Å². The van der Waals surface area contributed by atoms with Crippen molar-refractivity contribution in [3.05, 3.63) is 36.4 Å². The van der Waals surface area contributed by atoms with E-state index in [1.54, 1.807) is 29.3 Å². The Balaban J connectivity index is 2.27. The van der Waals surface area contributed by atoms with Crippen LogP contribution in [0.4, 0.5) is 5.95 Å².